The largest absolute Gasteiger partial charge is 0.508 e. The quantitative estimate of drug-likeness (QED) is 0.560. The molecule has 152 valence electrons. The van der Waals surface area contributed by atoms with E-state index in [-0.39, 0.29) is 23.5 Å². The first kappa shape index (κ1) is 20.2. The lowest BCUT2D eigenvalue weighted by Crippen LogP contribution is -2.18. The Labute approximate surface area is 166 Å². The van der Waals surface area contributed by atoms with Gasteiger partial charge >= 0.3 is 5.97 Å². The maximum atomic E-state index is 12.6. The second-order valence-corrected chi connectivity index (χ2v) is 6.31. The van der Waals surface area contributed by atoms with Crippen LogP contribution in [0.5, 0.6) is 17.2 Å². The molecule has 0 aliphatic rings. The molecule has 0 saturated heterocycles. The molecule has 0 amide bonds. The minimum atomic E-state index is -1.34. The number of rotatable bonds is 8. The highest BCUT2D eigenvalue weighted by Crippen LogP contribution is 2.28. The number of ether oxygens (including phenoxy) is 3. The first-order valence-corrected chi connectivity index (χ1v) is 8.96. The van der Waals surface area contributed by atoms with Crippen LogP contribution in [0.1, 0.15) is 23.7 Å². The Hall–Kier alpha value is -3.52. The maximum Gasteiger partial charge on any atom is 0.341 e. The maximum absolute atomic E-state index is 12.6. The van der Waals surface area contributed by atoms with E-state index >= 15 is 0 Å². The normalized spacial score (nSPS) is 10.8. The van der Waals surface area contributed by atoms with Gasteiger partial charge in [0.1, 0.15) is 22.8 Å². The van der Waals surface area contributed by atoms with E-state index in [1.54, 1.807) is 18.2 Å². The van der Waals surface area contributed by atoms with Crippen LogP contribution in [-0.4, -0.2) is 41.3 Å². The summed E-state index contributed by atoms with van der Waals surface area (Å²) in [6.07, 6.45) is 2.01. The van der Waals surface area contributed by atoms with Crippen LogP contribution in [0.2, 0.25) is 0 Å². The van der Waals surface area contributed by atoms with Gasteiger partial charge in [-0.1, -0.05) is 6.92 Å². The van der Waals surface area contributed by atoms with Gasteiger partial charge in [-0.15, -0.1) is 0 Å². The minimum Gasteiger partial charge on any atom is -0.508 e. The second-order valence-electron chi connectivity index (χ2n) is 6.31. The van der Waals surface area contributed by atoms with E-state index in [0.29, 0.717) is 29.3 Å². The van der Waals surface area contributed by atoms with Crippen molar-refractivity contribution in [1.29, 1.82) is 0 Å². The van der Waals surface area contributed by atoms with Gasteiger partial charge in [0.25, 0.3) is 0 Å². The van der Waals surface area contributed by atoms with Gasteiger partial charge in [0.2, 0.25) is 5.43 Å². The number of phenolic OH excluding ortho intramolecular Hbond substituents is 1. The molecule has 2 N–H and O–H groups in total. The third-order valence-corrected chi connectivity index (χ3v) is 4.18. The SMILES string of the molecule is CCCOc1cc(O)cc(-n2cc(C(=O)O)c(=O)c3ccc(OCOC)cc32)c1. The number of hydrogen-bond donors (Lipinski definition) is 2. The van der Waals surface area contributed by atoms with Crippen LogP contribution in [0.15, 0.2) is 47.4 Å². The fourth-order valence-corrected chi connectivity index (χ4v) is 2.90. The van der Waals surface area contributed by atoms with Gasteiger partial charge in [-0.2, -0.15) is 0 Å². The molecule has 0 unspecified atom stereocenters. The number of fused-ring (bicyclic) bond motifs is 1. The average Bonchev–Trinajstić information content (AvgIpc) is 2.70. The van der Waals surface area contributed by atoms with E-state index in [4.69, 9.17) is 14.2 Å². The van der Waals surface area contributed by atoms with Gasteiger partial charge in [-0.05, 0) is 18.6 Å². The molecule has 0 radical (unpaired) electrons. The predicted molar refractivity (Wildman–Crippen MR) is 106 cm³/mol. The Bertz CT molecular complexity index is 1100. The van der Waals surface area contributed by atoms with E-state index in [9.17, 15) is 19.8 Å². The smallest absolute Gasteiger partial charge is 0.341 e. The highest BCUT2D eigenvalue weighted by molar-refractivity contribution is 5.93. The zero-order valence-electron chi connectivity index (χ0n) is 16.0. The van der Waals surface area contributed by atoms with E-state index in [0.717, 1.165) is 6.42 Å². The average molecular weight is 399 g/mol. The zero-order chi connectivity index (χ0) is 21.0. The number of aromatic hydroxyl groups is 1. The number of hydrogen-bond acceptors (Lipinski definition) is 6. The van der Waals surface area contributed by atoms with Gasteiger partial charge in [-0.3, -0.25) is 4.79 Å². The molecule has 3 rings (SSSR count). The number of carboxylic acid groups (broad SMARTS) is 1. The Morgan fingerprint density at radius 2 is 1.90 bits per heavy atom. The lowest BCUT2D eigenvalue weighted by Gasteiger charge is -2.15. The first-order valence-electron chi connectivity index (χ1n) is 8.96. The van der Waals surface area contributed by atoms with Gasteiger partial charge in [0.05, 0.1) is 17.8 Å². The fourth-order valence-electron chi connectivity index (χ4n) is 2.90. The summed E-state index contributed by atoms with van der Waals surface area (Å²) >= 11 is 0. The number of carbonyl (C=O) groups is 1. The van der Waals surface area contributed by atoms with E-state index < -0.39 is 11.4 Å². The van der Waals surface area contributed by atoms with Crippen molar-refractivity contribution in [3.05, 3.63) is 58.4 Å². The highest BCUT2D eigenvalue weighted by Gasteiger charge is 2.17. The molecule has 0 saturated carbocycles. The van der Waals surface area contributed by atoms with Crippen molar-refractivity contribution in [1.82, 2.24) is 4.57 Å². The second kappa shape index (κ2) is 8.66. The number of methoxy groups -OCH3 is 1. The molecule has 0 aliphatic heterocycles. The van der Waals surface area contributed by atoms with Gasteiger partial charge in [0, 0.05) is 43.0 Å². The summed E-state index contributed by atoms with van der Waals surface area (Å²) in [5.74, 6) is -0.521. The van der Waals surface area contributed by atoms with Crippen LogP contribution in [0.25, 0.3) is 16.6 Å². The molecule has 0 atom stereocenters. The summed E-state index contributed by atoms with van der Waals surface area (Å²) < 4.78 is 17.5. The summed E-state index contributed by atoms with van der Waals surface area (Å²) in [6, 6.07) is 9.26. The number of nitrogens with zero attached hydrogens (tertiary/aromatic N) is 1. The molecule has 8 heteroatoms. The Morgan fingerprint density at radius 1 is 1.10 bits per heavy atom. The van der Waals surface area contributed by atoms with Crippen molar-refractivity contribution < 1.29 is 29.2 Å². The van der Waals surface area contributed by atoms with Crippen LogP contribution in [0, 0.1) is 0 Å². The van der Waals surface area contributed by atoms with Gasteiger partial charge in [-0.25, -0.2) is 4.79 Å². The topological polar surface area (TPSA) is 107 Å². The molecule has 0 spiro atoms. The van der Waals surface area contributed by atoms with Crippen molar-refractivity contribution >= 4 is 16.9 Å². The van der Waals surface area contributed by atoms with Crippen molar-refractivity contribution in [2.45, 2.75) is 13.3 Å². The predicted octanol–water partition coefficient (Wildman–Crippen LogP) is 3.17. The molecule has 8 nitrogen and oxygen atoms in total. The van der Waals surface area contributed by atoms with Crippen LogP contribution in [-0.2, 0) is 4.74 Å². The molecule has 1 aromatic heterocycles. The van der Waals surface area contributed by atoms with E-state index in [1.807, 2.05) is 6.92 Å². The molecular weight excluding hydrogens is 378 g/mol. The first-order chi connectivity index (χ1) is 13.9. The number of benzene rings is 2. The molecule has 0 fully saturated rings. The standard InChI is InChI=1S/C21H21NO7/c1-3-6-28-16-8-13(7-14(23)9-16)22-11-18(21(25)26)20(24)17-5-4-15(10-19(17)22)29-12-27-2/h4-5,7-11,23H,3,6,12H2,1-2H3,(H,25,26). The third-order valence-electron chi connectivity index (χ3n) is 4.18. The molecular formula is C21H21NO7. The highest BCUT2D eigenvalue weighted by atomic mass is 16.7. The monoisotopic (exact) mass is 399 g/mol. The Kier molecular flexibility index (Phi) is 6.04. The van der Waals surface area contributed by atoms with Crippen molar-refractivity contribution in [2.75, 3.05) is 20.5 Å². The zero-order valence-corrected chi connectivity index (χ0v) is 16.0. The summed E-state index contributed by atoms with van der Waals surface area (Å²) in [6.45, 7) is 2.44. The van der Waals surface area contributed by atoms with Crippen LogP contribution >= 0.6 is 0 Å². The minimum absolute atomic E-state index is 0.0179. The molecule has 29 heavy (non-hydrogen) atoms. The number of aromatic nitrogens is 1. The van der Waals surface area contributed by atoms with Crippen LogP contribution in [0.4, 0.5) is 0 Å². The number of phenols is 1. The lowest BCUT2D eigenvalue weighted by molar-refractivity contribution is 0.0512. The fraction of sp³-hybridized carbons (Fsp3) is 0.238. The Morgan fingerprint density at radius 3 is 2.59 bits per heavy atom. The number of aromatic carboxylic acids is 1. The molecule has 0 aliphatic carbocycles. The Balaban J connectivity index is 2.26. The van der Waals surface area contributed by atoms with Gasteiger partial charge < -0.3 is 29.0 Å². The molecule has 0 bridgehead atoms. The van der Waals surface area contributed by atoms with Crippen molar-refractivity contribution in [3.63, 3.8) is 0 Å². The van der Waals surface area contributed by atoms with Crippen LogP contribution < -0.4 is 14.9 Å². The van der Waals surface area contributed by atoms with Crippen molar-refractivity contribution in [3.8, 4) is 22.9 Å². The summed E-state index contributed by atoms with van der Waals surface area (Å²) in [5.41, 5.74) is -0.139. The summed E-state index contributed by atoms with van der Waals surface area (Å²) in [5, 5.41) is 19.8. The van der Waals surface area contributed by atoms with Gasteiger partial charge in [0.15, 0.2) is 6.79 Å². The summed E-state index contributed by atoms with van der Waals surface area (Å²) in [4.78, 5) is 24.2. The number of carboxylic acids is 1. The lowest BCUT2D eigenvalue weighted by atomic mass is 10.1. The molecule has 2 aromatic carbocycles. The molecule has 1 heterocycles. The van der Waals surface area contributed by atoms with E-state index in [1.165, 1.54) is 36.1 Å². The molecule has 3 aromatic rings. The third kappa shape index (κ3) is 4.33. The van der Waals surface area contributed by atoms with E-state index in [2.05, 4.69) is 0 Å². The van der Waals surface area contributed by atoms with Crippen LogP contribution in [0.3, 0.4) is 0 Å². The summed E-state index contributed by atoms with van der Waals surface area (Å²) in [7, 11) is 1.49. The van der Waals surface area contributed by atoms with Crippen molar-refractivity contribution in [2.24, 2.45) is 0 Å². The number of pyridine rings is 1.